The van der Waals surface area contributed by atoms with Gasteiger partial charge in [0.05, 0.1) is 18.6 Å². The topological polar surface area (TPSA) is 64.1 Å². The zero-order chi connectivity index (χ0) is 19.9. The fourth-order valence-corrected chi connectivity index (χ4v) is 5.21. The summed E-state index contributed by atoms with van der Waals surface area (Å²) in [7, 11) is 1.54. The van der Waals surface area contributed by atoms with Crippen molar-refractivity contribution in [2.45, 2.75) is 21.4 Å². The lowest BCUT2D eigenvalue weighted by molar-refractivity contribution is -0.113. The first-order valence-corrected chi connectivity index (χ1v) is 11.5. The molecule has 3 aromatic rings. The van der Waals surface area contributed by atoms with Crippen LogP contribution in [0, 0.1) is 6.92 Å². The number of halogens is 1. The highest BCUT2D eigenvalue weighted by atomic mass is 35.5. The molecule has 0 spiro atoms. The molecular weight excluding hydrogens is 434 g/mol. The van der Waals surface area contributed by atoms with Gasteiger partial charge in [-0.2, -0.15) is 0 Å². The van der Waals surface area contributed by atoms with Crippen LogP contribution in [-0.2, 0) is 10.5 Å². The van der Waals surface area contributed by atoms with E-state index in [0.717, 1.165) is 20.0 Å². The third kappa shape index (κ3) is 5.88. The highest BCUT2D eigenvalue weighted by molar-refractivity contribution is 8.03. The minimum atomic E-state index is -0.140. The number of aryl methyl sites for hydroxylation is 1. The van der Waals surface area contributed by atoms with Gasteiger partial charge in [-0.25, -0.2) is 0 Å². The number of carbonyl (C=O) groups is 1. The van der Waals surface area contributed by atoms with Crippen molar-refractivity contribution in [1.82, 2.24) is 10.2 Å². The lowest BCUT2D eigenvalue weighted by atomic mass is 10.2. The first-order chi connectivity index (χ1) is 13.5. The standard InChI is InChI=1S/C19H18ClN3O2S3/c1-12-8-15(16(25-2)9-14(12)20)21-17(24)11-27-19-23-22-18(28-19)26-10-13-6-4-3-5-7-13/h3-9H,10-11H2,1-2H3,(H,21,24). The second-order valence-corrected chi connectivity index (χ2v) is 9.58. The van der Waals surface area contributed by atoms with Crippen molar-refractivity contribution in [2.75, 3.05) is 18.2 Å². The van der Waals surface area contributed by atoms with Gasteiger partial charge < -0.3 is 10.1 Å². The number of carbonyl (C=O) groups excluding carboxylic acids is 1. The normalized spacial score (nSPS) is 10.7. The largest absolute Gasteiger partial charge is 0.495 e. The van der Waals surface area contributed by atoms with Crippen molar-refractivity contribution < 1.29 is 9.53 Å². The number of ether oxygens (including phenoxy) is 1. The number of hydrogen-bond acceptors (Lipinski definition) is 7. The first-order valence-electron chi connectivity index (χ1n) is 8.32. The Hall–Kier alpha value is -1.74. The van der Waals surface area contributed by atoms with Crippen LogP contribution in [0.25, 0.3) is 0 Å². The summed E-state index contributed by atoms with van der Waals surface area (Å²) < 4.78 is 6.94. The van der Waals surface area contributed by atoms with Gasteiger partial charge in [-0.1, -0.05) is 76.8 Å². The molecule has 28 heavy (non-hydrogen) atoms. The maximum atomic E-state index is 12.3. The lowest BCUT2D eigenvalue weighted by Gasteiger charge is -2.11. The van der Waals surface area contributed by atoms with Gasteiger partial charge in [-0.3, -0.25) is 4.79 Å². The van der Waals surface area contributed by atoms with Crippen LogP contribution in [0.3, 0.4) is 0 Å². The van der Waals surface area contributed by atoms with E-state index in [9.17, 15) is 4.79 Å². The van der Waals surface area contributed by atoms with E-state index in [0.29, 0.717) is 16.5 Å². The summed E-state index contributed by atoms with van der Waals surface area (Å²) in [6, 6.07) is 13.7. The summed E-state index contributed by atoms with van der Waals surface area (Å²) in [4.78, 5) is 12.3. The third-order valence-electron chi connectivity index (χ3n) is 3.67. The fourth-order valence-electron chi connectivity index (χ4n) is 2.28. The van der Waals surface area contributed by atoms with E-state index in [-0.39, 0.29) is 11.7 Å². The van der Waals surface area contributed by atoms with Crippen LogP contribution >= 0.6 is 46.5 Å². The predicted molar refractivity (Wildman–Crippen MR) is 118 cm³/mol. The molecule has 2 aromatic carbocycles. The molecule has 0 aliphatic heterocycles. The molecule has 0 atom stereocenters. The number of amides is 1. The van der Waals surface area contributed by atoms with Crippen molar-refractivity contribution in [1.29, 1.82) is 0 Å². The summed E-state index contributed by atoms with van der Waals surface area (Å²) in [5, 5.41) is 11.8. The maximum absolute atomic E-state index is 12.3. The molecule has 1 aromatic heterocycles. The summed E-state index contributed by atoms with van der Waals surface area (Å²) in [5.74, 6) is 1.47. The smallest absolute Gasteiger partial charge is 0.234 e. The molecule has 0 saturated carbocycles. The minimum absolute atomic E-state index is 0.140. The van der Waals surface area contributed by atoms with Gasteiger partial charge in [0.1, 0.15) is 5.75 Å². The Bertz CT molecular complexity index is 951. The van der Waals surface area contributed by atoms with Crippen molar-refractivity contribution in [3.8, 4) is 5.75 Å². The van der Waals surface area contributed by atoms with Crippen LogP contribution in [0.5, 0.6) is 5.75 Å². The molecule has 3 rings (SSSR count). The van der Waals surface area contributed by atoms with Crippen molar-refractivity contribution in [3.05, 3.63) is 58.6 Å². The van der Waals surface area contributed by atoms with Crippen molar-refractivity contribution in [2.24, 2.45) is 0 Å². The van der Waals surface area contributed by atoms with Crippen LogP contribution < -0.4 is 10.1 Å². The molecule has 0 aliphatic rings. The van der Waals surface area contributed by atoms with Crippen LogP contribution in [0.1, 0.15) is 11.1 Å². The average Bonchev–Trinajstić information content (AvgIpc) is 3.16. The zero-order valence-electron chi connectivity index (χ0n) is 15.3. The molecular formula is C19H18ClN3O2S3. The van der Waals surface area contributed by atoms with Gasteiger partial charge in [0.15, 0.2) is 8.68 Å². The quantitative estimate of drug-likeness (QED) is 0.454. The molecule has 5 nitrogen and oxygen atoms in total. The van der Waals surface area contributed by atoms with Gasteiger partial charge in [0.2, 0.25) is 5.91 Å². The summed E-state index contributed by atoms with van der Waals surface area (Å²) in [6.07, 6.45) is 0. The number of aromatic nitrogens is 2. The first kappa shape index (κ1) is 21.0. The Balaban J connectivity index is 1.51. The lowest BCUT2D eigenvalue weighted by Crippen LogP contribution is -2.14. The number of methoxy groups -OCH3 is 1. The monoisotopic (exact) mass is 451 g/mol. The number of thioether (sulfide) groups is 2. The molecule has 0 saturated heterocycles. The van der Waals surface area contributed by atoms with Gasteiger partial charge >= 0.3 is 0 Å². The van der Waals surface area contributed by atoms with E-state index < -0.39 is 0 Å². The van der Waals surface area contributed by atoms with Gasteiger partial charge in [0.25, 0.3) is 0 Å². The third-order valence-corrected chi connectivity index (χ3v) is 7.34. The molecule has 0 radical (unpaired) electrons. The van der Waals surface area contributed by atoms with E-state index in [4.69, 9.17) is 16.3 Å². The maximum Gasteiger partial charge on any atom is 0.234 e. The molecule has 0 unspecified atom stereocenters. The second kappa shape index (κ2) is 10.2. The molecule has 1 heterocycles. The molecule has 0 fully saturated rings. The molecule has 0 aliphatic carbocycles. The SMILES string of the molecule is COc1cc(Cl)c(C)cc1NC(=O)CSc1nnc(SCc2ccccc2)s1. The summed E-state index contributed by atoms with van der Waals surface area (Å²) >= 11 is 10.6. The summed E-state index contributed by atoms with van der Waals surface area (Å²) in [6.45, 7) is 1.88. The van der Waals surface area contributed by atoms with Crippen LogP contribution in [0.2, 0.25) is 5.02 Å². The van der Waals surface area contributed by atoms with E-state index >= 15 is 0 Å². The minimum Gasteiger partial charge on any atom is -0.495 e. The molecule has 1 amide bonds. The van der Waals surface area contributed by atoms with Crippen LogP contribution in [0.15, 0.2) is 51.1 Å². The van der Waals surface area contributed by atoms with Gasteiger partial charge in [-0.05, 0) is 24.1 Å². The Kier molecular flexibility index (Phi) is 7.61. The second-order valence-electron chi connectivity index (χ2n) is 5.75. The highest BCUT2D eigenvalue weighted by Gasteiger charge is 2.12. The molecule has 1 N–H and O–H groups in total. The number of nitrogens with zero attached hydrogens (tertiary/aromatic N) is 2. The van der Waals surface area contributed by atoms with E-state index in [1.54, 1.807) is 31.0 Å². The number of hydrogen-bond donors (Lipinski definition) is 1. The number of rotatable bonds is 8. The van der Waals surface area contributed by atoms with Crippen molar-refractivity contribution >= 4 is 58.1 Å². The van der Waals surface area contributed by atoms with E-state index in [2.05, 4.69) is 27.6 Å². The highest BCUT2D eigenvalue weighted by Crippen LogP contribution is 2.32. The van der Waals surface area contributed by atoms with E-state index in [1.807, 2.05) is 25.1 Å². The average molecular weight is 452 g/mol. The van der Waals surface area contributed by atoms with Gasteiger partial charge in [-0.15, -0.1) is 10.2 Å². The Labute approximate surface area is 181 Å². The Morgan fingerprint density at radius 1 is 1.18 bits per heavy atom. The number of benzene rings is 2. The number of anilines is 1. The summed E-state index contributed by atoms with van der Waals surface area (Å²) in [5.41, 5.74) is 2.71. The Morgan fingerprint density at radius 3 is 2.61 bits per heavy atom. The zero-order valence-corrected chi connectivity index (χ0v) is 18.5. The van der Waals surface area contributed by atoms with Crippen LogP contribution in [0.4, 0.5) is 5.69 Å². The Morgan fingerprint density at radius 2 is 1.89 bits per heavy atom. The van der Waals surface area contributed by atoms with Gasteiger partial charge in [0, 0.05) is 16.8 Å². The van der Waals surface area contributed by atoms with Crippen LogP contribution in [-0.4, -0.2) is 29.0 Å². The fraction of sp³-hybridized carbons (Fsp3) is 0.211. The molecule has 146 valence electrons. The number of nitrogens with one attached hydrogen (secondary N) is 1. The van der Waals surface area contributed by atoms with Crippen molar-refractivity contribution in [3.63, 3.8) is 0 Å². The molecule has 0 bridgehead atoms. The molecule has 9 heteroatoms. The predicted octanol–water partition coefficient (Wildman–Crippen LogP) is 5.53. The van der Waals surface area contributed by atoms with E-state index in [1.165, 1.54) is 28.7 Å².